The van der Waals surface area contributed by atoms with Gasteiger partial charge in [-0.05, 0) is 87.4 Å². The van der Waals surface area contributed by atoms with E-state index in [1.165, 1.54) is 53.9 Å². The lowest BCUT2D eigenvalue weighted by molar-refractivity contribution is -0.139. The van der Waals surface area contributed by atoms with E-state index in [2.05, 4.69) is 67.3 Å². The number of nitrogens with zero attached hydrogens (tertiary/aromatic N) is 9. The Balaban J connectivity index is 0.000000234. The third-order valence-electron chi connectivity index (χ3n) is 9.82. The van der Waals surface area contributed by atoms with E-state index < -0.39 is 35.1 Å². The minimum absolute atomic E-state index is 0.0170. The van der Waals surface area contributed by atoms with E-state index in [1.54, 1.807) is 77.0 Å². The fraction of sp³-hybridized carbons (Fsp3) is 0.235. The first-order chi connectivity index (χ1) is 37.2. The van der Waals surface area contributed by atoms with Gasteiger partial charge in [0.05, 0.1) is 40.1 Å². The number of hydrogen-bond acceptors (Lipinski definition) is 20. The first-order valence-electron chi connectivity index (χ1n) is 23.2. The second-order valence-electron chi connectivity index (χ2n) is 15.3. The van der Waals surface area contributed by atoms with Crippen molar-refractivity contribution in [2.45, 2.75) is 26.7 Å². The largest absolute Gasteiger partial charge is 0.462 e. The Morgan fingerprint density at radius 1 is 0.753 bits per heavy atom. The maximum absolute atomic E-state index is 13.6. The summed E-state index contributed by atoms with van der Waals surface area (Å²) in [7, 11) is 3.28. The van der Waals surface area contributed by atoms with E-state index in [0.717, 1.165) is 12.8 Å². The van der Waals surface area contributed by atoms with E-state index in [-0.39, 0.29) is 34.9 Å². The highest BCUT2D eigenvalue weighted by atomic mass is 35.5. The lowest BCUT2D eigenvalue weighted by Crippen LogP contribution is -2.28. The molecule has 0 aliphatic carbocycles. The molecule has 26 heteroatoms. The Morgan fingerprint density at radius 2 is 1.32 bits per heavy atom. The molecule has 0 aliphatic heterocycles. The predicted octanol–water partition coefficient (Wildman–Crippen LogP) is 9.71. The van der Waals surface area contributed by atoms with E-state index in [4.69, 9.17) is 53.7 Å². The molecule has 5 aromatic heterocycles. The number of hydrogen-bond donors (Lipinski definition) is 5. The highest BCUT2D eigenvalue weighted by molar-refractivity contribution is 7.17. The first-order valence-corrected chi connectivity index (χ1v) is 24.8. The van der Waals surface area contributed by atoms with Gasteiger partial charge >= 0.3 is 23.4 Å². The van der Waals surface area contributed by atoms with Crippen molar-refractivity contribution in [2.24, 2.45) is 5.73 Å². The van der Waals surface area contributed by atoms with E-state index in [0.29, 0.717) is 93.4 Å². The van der Waals surface area contributed by atoms with Crippen LogP contribution in [0.1, 0.15) is 52.4 Å². The topological polar surface area (TPSA) is 289 Å². The van der Waals surface area contributed by atoms with Crippen molar-refractivity contribution >= 4 is 98.6 Å². The van der Waals surface area contributed by atoms with Crippen LogP contribution in [0.15, 0.2) is 104 Å². The highest BCUT2D eigenvalue weighted by Crippen LogP contribution is 2.37. The summed E-state index contributed by atoms with van der Waals surface area (Å²) in [6.45, 7) is 9.81. The van der Waals surface area contributed by atoms with Crippen LogP contribution in [0.2, 0.25) is 10.0 Å². The number of carbonyl (C=O) groups is 3. The van der Waals surface area contributed by atoms with Gasteiger partial charge in [0, 0.05) is 82.4 Å². The van der Waals surface area contributed by atoms with Gasteiger partial charge < -0.3 is 51.5 Å². The number of Topliss-reactive ketones (excluding diaryl/α,β-unsaturated/α-hetero) is 1. The number of ether oxygens (including phenoxy) is 4. The van der Waals surface area contributed by atoms with Crippen LogP contribution in [0.4, 0.5) is 43.7 Å². The molecule has 0 fully saturated rings. The number of anilines is 6. The van der Waals surface area contributed by atoms with Gasteiger partial charge in [-0.15, -0.1) is 11.3 Å². The Hall–Kier alpha value is -8.38. The second-order valence-corrected chi connectivity index (χ2v) is 17.1. The lowest BCUT2D eigenvalue weighted by Gasteiger charge is -2.13. The van der Waals surface area contributed by atoms with Crippen LogP contribution in [0, 0.1) is 11.6 Å². The summed E-state index contributed by atoms with van der Waals surface area (Å²) in [4.78, 5) is 69.0. The van der Waals surface area contributed by atoms with Gasteiger partial charge in [0.15, 0.2) is 0 Å². The van der Waals surface area contributed by atoms with Crippen molar-refractivity contribution in [3.63, 3.8) is 0 Å². The van der Waals surface area contributed by atoms with Crippen LogP contribution in [0.3, 0.4) is 0 Å². The maximum atomic E-state index is 13.6. The summed E-state index contributed by atoms with van der Waals surface area (Å²) in [5, 5.41) is 13.0. The number of nitrogens with one attached hydrogen (secondary N) is 4. The van der Waals surface area contributed by atoms with Crippen LogP contribution in [0.25, 0.3) is 33.2 Å². The molecule has 6 N–H and O–H groups in total. The standard InChI is InChI=1S/C25H24ClFN6O3S.C16H19ClFN5O.C10H9N3O3/c1-3-36-24(34)21-20(19-7-4-5-10-28-19)32-23(37-21)16-14-30-25(33-22(16)29-11-6-12-35-2)31-15-8-9-18(27)17(26)13-15;1-10(19)12-9-21-16(23-15(12)20-6-3-7-24-2)22-11-4-5-14(18)13(17)8-11;1-2-16-10(15)8(13-11)9(14)7-5-3-4-6-12-7/h4-5,7-10,13-14H,3,6,11-12H2,1-2H3,(H2,29,30,31,33);4-5,8-9H,1,3,6-7,19H2,2H3,(H2,20,21,22,23);3-6H,2H2,1H3. The van der Waals surface area contributed by atoms with Crippen molar-refractivity contribution in [1.29, 1.82) is 0 Å². The molecule has 77 heavy (non-hydrogen) atoms. The number of carbonyl (C=O) groups excluding carboxylic acids is 3. The van der Waals surface area contributed by atoms with E-state index in [1.807, 2.05) is 6.07 Å². The molecule has 0 bridgehead atoms. The van der Waals surface area contributed by atoms with Gasteiger partial charge in [0.2, 0.25) is 11.9 Å². The summed E-state index contributed by atoms with van der Waals surface area (Å²) >= 11 is 12.8. The molecule has 5 heterocycles. The van der Waals surface area contributed by atoms with Crippen molar-refractivity contribution in [1.82, 2.24) is 34.9 Å². The Labute approximate surface area is 455 Å². The van der Waals surface area contributed by atoms with Crippen LogP contribution in [0.5, 0.6) is 0 Å². The number of rotatable bonds is 23. The van der Waals surface area contributed by atoms with Crippen LogP contribution in [-0.2, 0) is 23.7 Å². The van der Waals surface area contributed by atoms with Crippen LogP contribution in [-0.4, -0.2) is 117 Å². The second kappa shape index (κ2) is 30.9. The highest BCUT2D eigenvalue weighted by Gasteiger charge is 2.33. The van der Waals surface area contributed by atoms with Crippen LogP contribution < -0.4 is 27.0 Å². The number of ketones is 1. The number of methoxy groups -OCH3 is 2. The third kappa shape index (κ3) is 17.9. The van der Waals surface area contributed by atoms with Crippen molar-refractivity contribution in [2.75, 3.05) is 75.0 Å². The fourth-order valence-electron chi connectivity index (χ4n) is 6.24. The van der Waals surface area contributed by atoms with Gasteiger partial charge in [-0.25, -0.2) is 33.3 Å². The number of halogens is 4. The molecule has 0 atom stereocenters. The normalized spacial score (nSPS) is 10.3. The van der Waals surface area contributed by atoms with Crippen molar-refractivity contribution in [3.05, 3.63) is 148 Å². The van der Waals surface area contributed by atoms with E-state index in [9.17, 15) is 23.2 Å². The Bertz CT molecular complexity index is 3180. The van der Waals surface area contributed by atoms with Crippen LogP contribution >= 0.6 is 34.5 Å². The Morgan fingerprint density at radius 3 is 1.84 bits per heavy atom. The quantitative estimate of drug-likeness (QED) is 0.00757. The Kier molecular flexibility index (Phi) is 23.8. The smallest absolute Gasteiger partial charge is 0.448 e. The lowest BCUT2D eigenvalue weighted by atomic mass is 10.1. The molecule has 0 spiro atoms. The fourth-order valence-corrected chi connectivity index (χ4v) is 7.58. The number of benzene rings is 2. The van der Waals surface area contributed by atoms with Gasteiger partial charge in [-0.3, -0.25) is 14.8 Å². The predicted molar refractivity (Wildman–Crippen MR) is 291 cm³/mol. The molecule has 7 rings (SSSR count). The molecule has 7 aromatic rings. The first kappa shape index (κ1) is 59.5. The molecule has 2 aromatic carbocycles. The third-order valence-corrected chi connectivity index (χ3v) is 11.5. The zero-order valence-electron chi connectivity index (χ0n) is 42.0. The number of esters is 2. The minimum Gasteiger partial charge on any atom is -0.462 e. The summed E-state index contributed by atoms with van der Waals surface area (Å²) in [5.41, 5.74) is 17.4. The molecule has 0 aliphatic rings. The molecular formula is C51H52Cl2F2N14O7S. The molecule has 21 nitrogen and oxygen atoms in total. The zero-order chi connectivity index (χ0) is 55.7. The summed E-state index contributed by atoms with van der Waals surface area (Å²) in [5.74, 6) is -1.57. The average Bonchev–Trinajstić information content (AvgIpc) is 3.88. The van der Waals surface area contributed by atoms with Crippen molar-refractivity contribution < 1.29 is 46.9 Å². The van der Waals surface area contributed by atoms with Gasteiger partial charge in [-0.2, -0.15) is 14.8 Å². The zero-order valence-corrected chi connectivity index (χ0v) is 44.3. The molecule has 0 saturated carbocycles. The van der Waals surface area contributed by atoms with Gasteiger partial charge in [0.25, 0.3) is 0 Å². The summed E-state index contributed by atoms with van der Waals surface area (Å²) in [6.07, 6.45) is 7.76. The summed E-state index contributed by atoms with van der Waals surface area (Å²) in [6, 6.07) is 18.5. The van der Waals surface area contributed by atoms with Gasteiger partial charge in [0.1, 0.15) is 44.5 Å². The molecule has 0 radical (unpaired) electrons. The number of nitrogens with two attached hydrogens (primary N) is 1. The van der Waals surface area contributed by atoms with Gasteiger partial charge in [-0.1, -0.05) is 41.9 Å². The summed E-state index contributed by atoms with van der Waals surface area (Å²) < 4.78 is 46.7. The SMILES string of the molecule is C=C(N)c1cnc(Nc2ccc(F)c(Cl)c2)nc1NCCCOC.CCOC(=O)C(=[N+]=[N-])C(=O)c1ccccn1.CCOC(=O)c1sc(-c2cnc(Nc3ccc(F)c(Cl)c3)nc2NCCCOC)nc1-c1ccccn1. The molecule has 0 amide bonds. The van der Waals surface area contributed by atoms with E-state index >= 15 is 0 Å². The monoisotopic (exact) mass is 1110 g/mol. The van der Waals surface area contributed by atoms with Crippen molar-refractivity contribution in [3.8, 4) is 22.0 Å². The number of pyridine rings is 2. The molecule has 0 saturated heterocycles. The maximum Gasteiger partial charge on any atom is 0.448 e. The minimum atomic E-state index is -0.972. The number of thiazole rings is 1. The average molecular weight is 1110 g/mol. The number of aromatic nitrogens is 7. The molecule has 0 unspecified atom stereocenters. The molecule has 402 valence electrons. The molecular weight excluding hydrogens is 1060 g/mol.